The van der Waals surface area contributed by atoms with Crippen molar-refractivity contribution in [3.8, 4) is 0 Å². The van der Waals surface area contributed by atoms with Gasteiger partial charge in [0.25, 0.3) is 0 Å². The summed E-state index contributed by atoms with van der Waals surface area (Å²) in [6, 6.07) is 0. The standard InChI is InChI=1S/C13H26NO3/c1-10-8-11(9-12(10)16-5)13(15)17-7-6-14(2,3)4/h10-12H,6-9H2,1-5H3/q+1. The Hall–Kier alpha value is -0.610. The van der Waals surface area contributed by atoms with Crippen molar-refractivity contribution < 1.29 is 18.8 Å². The second-order valence-corrected chi connectivity index (χ2v) is 6.10. The van der Waals surface area contributed by atoms with E-state index in [4.69, 9.17) is 9.47 Å². The Kier molecular flexibility index (Phi) is 4.95. The SMILES string of the molecule is COC1CC(C(=O)OCC[N+](C)(C)C)CC1C. The van der Waals surface area contributed by atoms with Gasteiger partial charge in [0.2, 0.25) is 0 Å². The largest absolute Gasteiger partial charge is 0.459 e. The molecule has 0 aliphatic heterocycles. The lowest BCUT2D eigenvalue weighted by Crippen LogP contribution is -2.38. The first-order valence-electron chi connectivity index (χ1n) is 6.33. The van der Waals surface area contributed by atoms with Gasteiger partial charge in [-0.2, -0.15) is 0 Å². The monoisotopic (exact) mass is 244 g/mol. The maximum atomic E-state index is 11.9. The van der Waals surface area contributed by atoms with E-state index < -0.39 is 0 Å². The molecule has 1 aliphatic rings. The summed E-state index contributed by atoms with van der Waals surface area (Å²) in [6.07, 6.45) is 1.91. The van der Waals surface area contributed by atoms with Crippen LogP contribution in [0.15, 0.2) is 0 Å². The van der Waals surface area contributed by atoms with Gasteiger partial charge in [0.1, 0.15) is 13.2 Å². The van der Waals surface area contributed by atoms with E-state index in [1.54, 1.807) is 7.11 Å². The fourth-order valence-corrected chi connectivity index (χ4v) is 2.27. The minimum Gasteiger partial charge on any atom is -0.459 e. The van der Waals surface area contributed by atoms with Crippen molar-refractivity contribution in [3.63, 3.8) is 0 Å². The highest BCUT2D eigenvalue weighted by atomic mass is 16.5. The number of carbonyl (C=O) groups is 1. The van der Waals surface area contributed by atoms with Crippen LogP contribution in [0, 0.1) is 11.8 Å². The average Bonchev–Trinajstić information content (AvgIpc) is 2.57. The Bertz CT molecular complexity index is 260. The molecule has 0 heterocycles. The van der Waals surface area contributed by atoms with Gasteiger partial charge in [0.15, 0.2) is 0 Å². The topological polar surface area (TPSA) is 35.5 Å². The van der Waals surface area contributed by atoms with Gasteiger partial charge >= 0.3 is 5.97 Å². The van der Waals surface area contributed by atoms with Crippen LogP contribution in [-0.2, 0) is 14.3 Å². The molecule has 0 amide bonds. The van der Waals surface area contributed by atoms with E-state index in [1.165, 1.54) is 0 Å². The van der Waals surface area contributed by atoms with Gasteiger partial charge in [-0.15, -0.1) is 0 Å². The van der Waals surface area contributed by atoms with Crippen LogP contribution < -0.4 is 0 Å². The minimum absolute atomic E-state index is 0.0300. The maximum Gasteiger partial charge on any atom is 0.309 e. The zero-order chi connectivity index (χ0) is 13.1. The number of quaternary nitrogens is 1. The molecule has 4 nitrogen and oxygen atoms in total. The molecular weight excluding hydrogens is 218 g/mol. The number of methoxy groups -OCH3 is 1. The first kappa shape index (κ1) is 14.5. The van der Waals surface area contributed by atoms with Crippen LogP contribution in [0.1, 0.15) is 19.8 Å². The molecule has 0 N–H and O–H groups in total. The highest BCUT2D eigenvalue weighted by molar-refractivity contribution is 5.72. The first-order chi connectivity index (χ1) is 7.83. The molecule has 0 bridgehead atoms. The molecule has 1 rings (SSSR count). The van der Waals surface area contributed by atoms with Crippen molar-refractivity contribution in [3.05, 3.63) is 0 Å². The summed E-state index contributed by atoms with van der Waals surface area (Å²) in [5.41, 5.74) is 0. The molecule has 100 valence electrons. The van der Waals surface area contributed by atoms with Gasteiger partial charge in [0.05, 0.1) is 33.2 Å². The lowest BCUT2D eigenvalue weighted by atomic mass is 10.1. The van der Waals surface area contributed by atoms with Gasteiger partial charge in [-0.25, -0.2) is 0 Å². The van der Waals surface area contributed by atoms with Crippen molar-refractivity contribution in [2.75, 3.05) is 41.4 Å². The summed E-state index contributed by atoms with van der Waals surface area (Å²) in [5.74, 6) is 0.434. The van der Waals surface area contributed by atoms with E-state index in [0.29, 0.717) is 12.5 Å². The van der Waals surface area contributed by atoms with Gasteiger partial charge in [-0.3, -0.25) is 4.79 Å². The first-order valence-corrected chi connectivity index (χ1v) is 6.33. The van der Waals surface area contributed by atoms with E-state index in [-0.39, 0.29) is 18.0 Å². The van der Waals surface area contributed by atoms with Crippen molar-refractivity contribution in [1.29, 1.82) is 0 Å². The highest BCUT2D eigenvalue weighted by Crippen LogP contribution is 2.33. The lowest BCUT2D eigenvalue weighted by Gasteiger charge is -2.23. The van der Waals surface area contributed by atoms with Crippen LogP contribution in [0.25, 0.3) is 0 Å². The average molecular weight is 244 g/mol. The lowest BCUT2D eigenvalue weighted by molar-refractivity contribution is -0.870. The predicted octanol–water partition coefficient (Wildman–Crippen LogP) is 1.30. The third-order valence-electron chi connectivity index (χ3n) is 3.45. The second-order valence-electron chi connectivity index (χ2n) is 6.10. The fraction of sp³-hybridized carbons (Fsp3) is 0.923. The van der Waals surface area contributed by atoms with E-state index in [1.807, 2.05) is 0 Å². The highest BCUT2D eigenvalue weighted by Gasteiger charge is 2.36. The Balaban J connectivity index is 2.30. The molecular formula is C13H26NO3+. The molecule has 0 spiro atoms. The Morgan fingerprint density at radius 1 is 1.29 bits per heavy atom. The molecule has 1 aliphatic carbocycles. The van der Waals surface area contributed by atoms with Gasteiger partial charge in [0, 0.05) is 7.11 Å². The van der Waals surface area contributed by atoms with Crippen LogP contribution in [0.5, 0.6) is 0 Å². The molecule has 0 aromatic heterocycles. The maximum absolute atomic E-state index is 11.9. The number of nitrogens with zero attached hydrogens (tertiary/aromatic N) is 1. The molecule has 1 fully saturated rings. The predicted molar refractivity (Wildman–Crippen MR) is 66.5 cm³/mol. The number of rotatable bonds is 5. The van der Waals surface area contributed by atoms with E-state index in [9.17, 15) is 4.79 Å². The molecule has 1 saturated carbocycles. The second kappa shape index (κ2) is 5.83. The number of ether oxygens (including phenoxy) is 2. The molecule has 0 aromatic carbocycles. The molecule has 4 heteroatoms. The van der Waals surface area contributed by atoms with E-state index in [2.05, 4.69) is 28.1 Å². The minimum atomic E-state index is -0.0511. The van der Waals surface area contributed by atoms with Crippen molar-refractivity contribution >= 4 is 5.97 Å². The molecule has 3 unspecified atom stereocenters. The third kappa shape index (κ3) is 4.64. The Morgan fingerprint density at radius 2 is 1.94 bits per heavy atom. The van der Waals surface area contributed by atoms with Gasteiger partial charge < -0.3 is 14.0 Å². The molecule has 3 atom stereocenters. The smallest absolute Gasteiger partial charge is 0.309 e. The third-order valence-corrected chi connectivity index (χ3v) is 3.45. The zero-order valence-electron chi connectivity index (χ0n) is 11.7. The molecule has 0 aromatic rings. The van der Waals surface area contributed by atoms with Crippen LogP contribution in [0.4, 0.5) is 0 Å². The van der Waals surface area contributed by atoms with Crippen LogP contribution in [0.2, 0.25) is 0 Å². The van der Waals surface area contributed by atoms with E-state index in [0.717, 1.165) is 23.9 Å². The van der Waals surface area contributed by atoms with E-state index >= 15 is 0 Å². The van der Waals surface area contributed by atoms with Crippen LogP contribution in [-0.4, -0.2) is 58.0 Å². The summed E-state index contributed by atoms with van der Waals surface area (Å²) >= 11 is 0. The zero-order valence-corrected chi connectivity index (χ0v) is 11.7. The normalized spacial score (nSPS) is 29.4. The summed E-state index contributed by atoms with van der Waals surface area (Å²) in [4.78, 5) is 11.9. The van der Waals surface area contributed by atoms with Crippen molar-refractivity contribution in [2.45, 2.75) is 25.9 Å². The van der Waals surface area contributed by atoms with Gasteiger partial charge in [-0.05, 0) is 18.8 Å². The summed E-state index contributed by atoms with van der Waals surface area (Å²) in [5, 5.41) is 0. The van der Waals surface area contributed by atoms with Crippen LogP contribution >= 0.6 is 0 Å². The number of hydrogen-bond acceptors (Lipinski definition) is 3. The molecule has 17 heavy (non-hydrogen) atoms. The van der Waals surface area contributed by atoms with Gasteiger partial charge in [-0.1, -0.05) is 6.92 Å². The quantitative estimate of drug-likeness (QED) is 0.540. The Labute approximate surface area is 104 Å². The number of hydrogen-bond donors (Lipinski definition) is 0. The van der Waals surface area contributed by atoms with Crippen molar-refractivity contribution in [1.82, 2.24) is 0 Å². The summed E-state index contributed by atoms with van der Waals surface area (Å²) in [6.45, 7) is 3.49. The molecule has 0 saturated heterocycles. The summed E-state index contributed by atoms with van der Waals surface area (Å²) in [7, 11) is 7.98. The van der Waals surface area contributed by atoms with Crippen LogP contribution in [0.3, 0.4) is 0 Å². The number of carbonyl (C=O) groups excluding carboxylic acids is 1. The molecule has 0 radical (unpaired) electrons. The fourth-order valence-electron chi connectivity index (χ4n) is 2.27. The number of esters is 1. The number of likely N-dealkylation sites (N-methyl/N-ethyl adjacent to an activating group) is 1. The Morgan fingerprint density at radius 3 is 2.41 bits per heavy atom. The van der Waals surface area contributed by atoms with Crippen molar-refractivity contribution in [2.24, 2.45) is 11.8 Å². The summed E-state index contributed by atoms with van der Waals surface area (Å²) < 4.78 is 11.5.